The first-order valence-corrected chi connectivity index (χ1v) is 5.32. The molecule has 1 aliphatic carbocycles. The molecular weight excluding hydrogens is 164 g/mol. The first-order chi connectivity index (χ1) is 6.10. The van der Waals surface area contributed by atoms with Crippen LogP contribution in [0.3, 0.4) is 0 Å². The SMILES string of the molecule is CCC(=O)OC1(C(C)C)CCCC1. The van der Waals surface area contributed by atoms with Crippen LogP contribution >= 0.6 is 0 Å². The molecule has 2 nitrogen and oxygen atoms in total. The minimum absolute atomic E-state index is 0.0457. The molecule has 1 rings (SSSR count). The zero-order valence-corrected chi connectivity index (χ0v) is 8.93. The molecule has 0 aromatic rings. The molecule has 0 aliphatic heterocycles. The van der Waals surface area contributed by atoms with Crippen LogP contribution in [0.25, 0.3) is 0 Å². The molecule has 76 valence electrons. The molecule has 0 saturated heterocycles. The number of rotatable bonds is 3. The van der Waals surface area contributed by atoms with Gasteiger partial charge < -0.3 is 4.74 Å². The van der Waals surface area contributed by atoms with Gasteiger partial charge in [0.1, 0.15) is 5.60 Å². The van der Waals surface area contributed by atoms with Gasteiger partial charge in [0.05, 0.1) is 0 Å². The summed E-state index contributed by atoms with van der Waals surface area (Å²) in [7, 11) is 0. The number of ether oxygens (including phenoxy) is 1. The molecule has 0 radical (unpaired) electrons. The molecule has 1 fully saturated rings. The van der Waals surface area contributed by atoms with Crippen molar-refractivity contribution < 1.29 is 9.53 Å². The van der Waals surface area contributed by atoms with E-state index in [1.165, 1.54) is 12.8 Å². The summed E-state index contributed by atoms with van der Waals surface area (Å²) in [5.41, 5.74) is -0.132. The van der Waals surface area contributed by atoms with Crippen molar-refractivity contribution >= 4 is 5.97 Å². The summed E-state index contributed by atoms with van der Waals surface area (Å²) < 4.78 is 5.57. The van der Waals surface area contributed by atoms with Crippen molar-refractivity contribution in [2.75, 3.05) is 0 Å². The maximum absolute atomic E-state index is 11.3. The van der Waals surface area contributed by atoms with Gasteiger partial charge in [-0.25, -0.2) is 0 Å². The van der Waals surface area contributed by atoms with Crippen molar-refractivity contribution in [3.63, 3.8) is 0 Å². The van der Waals surface area contributed by atoms with Gasteiger partial charge in [0.25, 0.3) is 0 Å². The summed E-state index contributed by atoms with van der Waals surface area (Å²) in [6, 6.07) is 0. The number of esters is 1. The van der Waals surface area contributed by atoms with E-state index in [2.05, 4.69) is 13.8 Å². The smallest absolute Gasteiger partial charge is 0.306 e. The van der Waals surface area contributed by atoms with Crippen LogP contribution < -0.4 is 0 Å². The Labute approximate surface area is 80.7 Å². The van der Waals surface area contributed by atoms with Crippen molar-refractivity contribution in [2.45, 2.75) is 58.5 Å². The van der Waals surface area contributed by atoms with E-state index in [9.17, 15) is 4.79 Å². The molecule has 0 aromatic heterocycles. The molecule has 0 spiro atoms. The third-order valence-electron chi connectivity index (χ3n) is 3.11. The Bertz CT molecular complexity index is 179. The molecule has 0 amide bonds. The fraction of sp³-hybridized carbons (Fsp3) is 0.909. The summed E-state index contributed by atoms with van der Waals surface area (Å²) >= 11 is 0. The van der Waals surface area contributed by atoms with Gasteiger partial charge in [-0.15, -0.1) is 0 Å². The molecule has 0 N–H and O–H groups in total. The van der Waals surface area contributed by atoms with Crippen LogP contribution in [-0.2, 0) is 9.53 Å². The van der Waals surface area contributed by atoms with Crippen LogP contribution in [-0.4, -0.2) is 11.6 Å². The van der Waals surface area contributed by atoms with E-state index in [1.807, 2.05) is 6.92 Å². The number of hydrogen-bond donors (Lipinski definition) is 0. The summed E-state index contributed by atoms with van der Waals surface area (Å²) in [5, 5.41) is 0. The van der Waals surface area contributed by atoms with Crippen molar-refractivity contribution in [1.82, 2.24) is 0 Å². The highest BCUT2D eigenvalue weighted by Gasteiger charge is 2.40. The molecule has 0 heterocycles. The van der Waals surface area contributed by atoms with Gasteiger partial charge in [-0.1, -0.05) is 20.8 Å². The Morgan fingerprint density at radius 2 is 1.92 bits per heavy atom. The molecule has 0 unspecified atom stereocenters. The van der Waals surface area contributed by atoms with Crippen LogP contribution in [0.2, 0.25) is 0 Å². The van der Waals surface area contributed by atoms with E-state index in [0.717, 1.165) is 12.8 Å². The van der Waals surface area contributed by atoms with Crippen molar-refractivity contribution in [3.05, 3.63) is 0 Å². The lowest BCUT2D eigenvalue weighted by Gasteiger charge is -2.33. The highest BCUT2D eigenvalue weighted by Crippen LogP contribution is 2.39. The van der Waals surface area contributed by atoms with E-state index in [1.54, 1.807) is 0 Å². The standard InChI is InChI=1S/C11H20O2/c1-4-10(12)13-11(9(2)3)7-5-6-8-11/h9H,4-8H2,1-3H3. The number of hydrogen-bond acceptors (Lipinski definition) is 2. The molecule has 0 aromatic carbocycles. The fourth-order valence-corrected chi connectivity index (χ4v) is 2.07. The van der Waals surface area contributed by atoms with Crippen molar-refractivity contribution in [2.24, 2.45) is 5.92 Å². The molecule has 2 heteroatoms. The van der Waals surface area contributed by atoms with Crippen LogP contribution in [0.4, 0.5) is 0 Å². The molecule has 1 aliphatic rings. The predicted molar refractivity (Wildman–Crippen MR) is 52.4 cm³/mol. The summed E-state index contributed by atoms with van der Waals surface area (Å²) in [5.74, 6) is 0.404. The Morgan fingerprint density at radius 3 is 2.31 bits per heavy atom. The predicted octanol–water partition coefficient (Wildman–Crippen LogP) is 2.91. The topological polar surface area (TPSA) is 26.3 Å². The summed E-state index contributed by atoms with van der Waals surface area (Å²) in [6.07, 6.45) is 5.01. The second kappa shape index (κ2) is 4.12. The first-order valence-electron chi connectivity index (χ1n) is 5.32. The Balaban J connectivity index is 2.62. The highest BCUT2D eigenvalue weighted by atomic mass is 16.6. The molecule has 1 saturated carbocycles. The maximum atomic E-state index is 11.3. The van der Waals surface area contributed by atoms with E-state index >= 15 is 0 Å². The van der Waals surface area contributed by atoms with Gasteiger partial charge in [0.15, 0.2) is 0 Å². The Hall–Kier alpha value is -0.530. The molecule has 13 heavy (non-hydrogen) atoms. The lowest BCUT2D eigenvalue weighted by Crippen LogP contribution is -2.37. The average Bonchev–Trinajstić information content (AvgIpc) is 2.54. The third kappa shape index (κ3) is 2.23. The van der Waals surface area contributed by atoms with Crippen LogP contribution in [0.5, 0.6) is 0 Å². The first kappa shape index (κ1) is 10.6. The monoisotopic (exact) mass is 184 g/mol. The van der Waals surface area contributed by atoms with Crippen LogP contribution in [0, 0.1) is 5.92 Å². The Kier molecular flexibility index (Phi) is 3.34. The normalized spacial score (nSPS) is 20.6. The zero-order valence-electron chi connectivity index (χ0n) is 8.93. The van der Waals surface area contributed by atoms with E-state index < -0.39 is 0 Å². The van der Waals surface area contributed by atoms with Gasteiger partial charge in [-0.2, -0.15) is 0 Å². The second-order valence-electron chi connectivity index (χ2n) is 4.25. The summed E-state index contributed by atoms with van der Waals surface area (Å²) in [6.45, 7) is 6.15. The van der Waals surface area contributed by atoms with E-state index in [-0.39, 0.29) is 11.6 Å². The molecular formula is C11H20O2. The van der Waals surface area contributed by atoms with Gasteiger partial charge in [-0.05, 0) is 31.6 Å². The minimum atomic E-state index is -0.132. The molecule has 0 bridgehead atoms. The quantitative estimate of drug-likeness (QED) is 0.630. The Morgan fingerprint density at radius 1 is 1.38 bits per heavy atom. The highest BCUT2D eigenvalue weighted by molar-refractivity contribution is 5.69. The third-order valence-corrected chi connectivity index (χ3v) is 3.11. The van der Waals surface area contributed by atoms with Gasteiger partial charge >= 0.3 is 5.97 Å². The van der Waals surface area contributed by atoms with Crippen molar-refractivity contribution in [3.8, 4) is 0 Å². The van der Waals surface area contributed by atoms with Gasteiger partial charge in [-0.3, -0.25) is 4.79 Å². The largest absolute Gasteiger partial charge is 0.459 e. The van der Waals surface area contributed by atoms with Gasteiger partial charge in [0.2, 0.25) is 0 Å². The number of carbonyl (C=O) groups excluding carboxylic acids is 1. The zero-order chi connectivity index (χ0) is 9.90. The molecule has 0 atom stereocenters. The van der Waals surface area contributed by atoms with Crippen LogP contribution in [0.15, 0.2) is 0 Å². The minimum Gasteiger partial charge on any atom is -0.459 e. The summed E-state index contributed by atoms with van der Waals surface area (Å²) in [4.78, 5) is 11.3. The lowest BCUT2D eigenvalue weighted by molar-refractivity contribution is -0.163. The fourth-order valence-electron chi connectivity index (χ4n) is 2.07. The van der Waals surface area contributed by atoms with Crippen molar-refractivity contribution in [1.29, 1.82) is 0 Å². The van der Waals surface area contributed by atoms with E-state index in [4.69, 9.17) is 4.74 Å². The van der Waals surface area contributed by atoms with E-state index in [0.29, 0.717) is 12.3 Å². The second-order valence-corrected chi connectivity index (χ2v) is 4.25. The van der Waals surface area contributed by atoms with Crippen LogP contribution in [0.1, 0.15) is 52.9 Å². The van der Waals surface area contributed by atoms with Gasteiger partial charge in [0, 0.05) is 6.42 Å². The maximum Gasteiger partial charge on any atom is 0.306 e. The lowest BCUT2D eigenvalue weighted by atomic mass is 9.88. The number of carbonyl (C=O) groups is 1. The average molecular weight is 184 g/mol.